The first-order chi connectivity index (χ1) is 12.0. The van der Waals surface area contributed by atoms with Gasteiger partial charge in [0, 0.05) is 23.0 Å². The molecule has 0 radical (unpaired) electrons. The molecule has 0 saturated heterocycles. The molecule has 3 aromatic rings. The van der Waals surface area contributed by atoms with Gasteiger partial charge in [0.2, 0.25) is 5.95 Å². The van der Waals surface area contributed by atoms with Gasteiger partial charge in [0.1, 0.15) is 11.6 Å². The number of anilines is 4. The third-order valence-electron chi connectivity index (χ3n) is 3.54. The fourth-order valence-electron chi connectivity index (χ4n) is 2.31. The number of carbonyl (C=O) groups excluding carboxylic acids is 1. The number of nitrogens with one attached hydrogen (secondary N) is 2. The van der Waals surface area contributed by atoms with E-state index in [2.05, 4.69) is 20.6 Å². The molecule has 126 valence electrons. The third kappa shape index (κ3) is 4.17. The van der Waals surface area contributed by atoms with Gasteiger partial charge < -0.3 is 10.6 Å². The summed E-state index contributed by atoms with van der Waals surface area (Å²) in [5.41, 5.74) is 2.48. The van der Waals surface area contributed by atoms with Gasteiger partial charge in [-0.3, -0.25) is 4.79 Å². The number of rotatable bonds is 5. The van der Waals surface area contributed by atoms with E-state index in [-0.39, 0.29) is 11.6 Å². The van der Waals surface area contributed by atoms with Crippen LogP contribution < -0.4 is 10.6 Å². The fraction of sp³-hybridized carbons (Fsp3) is 0.105. The van der Waals surface area contributed by atoms with Crippen LogP contribution in [0.15, 0.2) is 54.6 Å². The molecule has 0 bridgehead atoms. The number of halogens is 1. The van der Waals surface area contributed by atoms with Crippen LogP contribution in [0.1, 0.15) is 23.0 Å². The molecule has 2 aromatic carbocycles. The zero-order chi connectivity index (χ0) is 17.8. The molecule has 5 nitrogen and oxygen atoms in total. The van der Waals surface area contributed by atoms with Gasteiger partial charge in [0.15, 0.2) is 5.78 Å². The molecule has 25 heavy (non-hydrogen) atoms. The molecule has 0 aliphatic heterocycles. The maximum absolute atomic E-state index is 13.8. The molecule has 0 saturated carbocycles. The van der Waals surface area contributed by atoms with Crippen LogP contribution >= 0.6 is 0 Å². The highest BCUT2D eigenvalue weighted by Gasteiger charge is 2.07. The highest BCUT2D eigenvalue weighted by atomic mass is 19.1. The van der Waals surface area contributed by atoms with E-state index in [1.165, 1.54) is 13.0 Å². The molecule has 0 aliphatic rings. The minimum Gasteiger partial charge on any atom is -0.340 e. The first-order valence-electron chi connectivity index (χ1n) is 7.76. The molecule has 0 unspecified atom stereocenters. The Morgan fingerprint density at radius 3 is 2.40 bits per heavy atom. The largest absolute Gasteiger partial charge is 0.340 e. The Bertz CT molecular complexity index is 910. The van der Waals surface area contributed by atoms with Gasteiger partial charge in [-0.1, -0.05) is 12.1 Å². The summed E-state index contributed by atoms with van der Waals surface area (Å²) in [6, 6.07) is 15.2. The number of benzene rings is 2. The van der Waals surface area contributed by atoms with Crippen LogP contribution in [0.25, 0.3) is 0 Å². The summed E-state index contributed by atoms with van der Waals surface area (Å²) in [6.07, 6.45) is 0. The summed E-state index contributed by atoms with van der Waals surface area (Å²) in [5.74, 6) is 0.512. The lowest BCUT2D eigenvalue weighted by molar-refractivity contribution is 0.101. The van der Waals surface area contributed by atoms with E-state index in [4.69, 9.17) is 0 Å². The molecular formula is C19H17FN4O. The maximum atomic E-state index is 13.8. The first kappa shape index (κ1) is 16.6. The number of hydrogen-bond donors (Lipinski definition) is 2. The zero-order valence-corrected chi connectivity index (χ0v) is 13.9. The van der Waals surface area contributed by atoms with Crippen molar-refractivity contribution < 1.29 is 9.18 Å². The van der Waals surface area contributed by atoms with E-state index in [1.807, 2.05) is 6.92 Å². The number of Topliss-reactive ketones (excluding diaryl/α,β-unsaturated/α-hetero) is 1. The van der Waals surface area contributed by atoms with Crippen molar-refractivity contribution in [3.63, 3.8) is 0 Å². The van der Waals surface area contributed by atoms with Gasteiger partial charge in [-0.25, -0.2) is 9.37 Å². The van der Waals surface area contributed by atoms with Crippen molar-refractivity contribution >= 4 is 28.9 Å². The standard InChI is InChI=1S/C19H17FN4O/c1-12-11-18(22-15-9-7-14(8-10-15)13(2)25)24-19(21-12)23-17-6-4-3-5-16(17)20/h3-11H,1-2H3,(H2,21,22,23,24). The summed E-state index contributed by atoms with van der Waals surface area (Å²) >= 11 is 0. The lowest BCUT2D eigenvalue weighted by Crippen LogP contribution is -2.03. The predicted molar refractivity (Wildman–Crippen MR) is 96.2 cm³/mol. The highest BCUT2D eigenvalue weighted by Crippen LogP contribution is 2.21. The summed E-state index contributed by atoms with van der Waals surface area (Å²) in [4.78, 5) is 20.0. The van der Waals surface area contributed by atoms with Crippen molar-refractivity contribution in [1.29, 1.82) is 0 Å². The third-order valence-corrected chi connectivity index (χ3v) is 3.54. The smallest absolute Gasteiger partial charge is 0.229 e. The Morgan fingerprint density at radius 1 is 1.00 bits per heavy atom. The Kier molecular flexibility index (Phi) is 4.70. The van der Waals surface area contributed by atoms with Crippen molar-refractivity contribution in [3.8, 4) is 0 Å². The topological polar surface area (TPSA) is 66.9 Å². The summed E-state index contributed by atoms with van der Waals surface area (Å²) in [6.45, 7) is 3.36. The molecular weight excluding hydrogens is 319 g/mol. The predicted octanol–water partition coefficient (Wildman–Crippen LogP) is 4.61. The van der Waals surface area contributed by atoms with Crippen LogP contribution in [0.2, 0.25) is 0 Å². The molecule has 1 heterocycles. The van der Waals surface area contributed by atoms with Crippen molar-refractivity contribution in [3.05, 3.63) is 71.7 Å². The molecule has 3 rings (SSSR count). The zero-order valence-electron chi connectivity index (χ0n) is 13.9. The summed E-state index contributed by atoms with van der Waals surface area (Å²) in [7, 11) is 0. The number of hydrogen-bond acceptors (Lipinski definition) is 5. The molecule has 0 amide bonds. The van der Waals surface area contributed by atoms with Gasteiger partial charge in [-0.2, -0.15) is 4.98 Å². The minimum absolute atomic E-state index is 0.0146. The number of aromatic nitrogens is 2. The van der Waals surface area contributed by atoms with E-state index in [0.29, 0.717) is 23.0 Å². The molecule has 1 aromatic heterocycles. The lowest BCUT2D eigenvalue weighted by atomic mass is 10.1. The van der Waals surface area contributed by atoms with Gasteiger partial charge in [0.25, 0.3) is 0 Å². The molecule has 2 N–H and O–H groups in total. The number of carbonyl (C=O) groups is 1. The highest BCUT2D eigenvalue weighted by molar-refractivity contribution is 5.94. The Hall–Kier alpha value is -3.28. The van der Waals surface area contributed by atoms with Crippen LogP contribution in [0.4, 0.5) is 27.5 Å². The average molecular weight is 336 g/mol. The molecule has 0 fully saturated rings. The first-order valence-corrected chi connectivity index (χ1v) is 7.76. The minimum atomic E-state index is -0.373. The average Bonchev–Trinajstić information content (AvgIpc) is 2.57. The Balaban J connectivity index is 1.81. The second-order valence-corrected chi connectivity index (χ2v) is 5.58. The molecule has 0 atom stereocenters. The van der Waals surface area contributed by atoms with Crippen LogP contribution in [0, 0.1) is 12.7 Å². The van der Waals surface area contributed by atoms with Gasteiger partial charge >= 0.3 is 0 Å². The second-order valence-electron chi connectivity index (χ2n) is 5.58. The van der Waals surface area contributed by atoms with Crippen LogP contribution in [-0.2, 0) is 0 Å². The van der Waals surface area contributed by atoms with E-state index in [1.54, 1.807) is 48.5 Å². The van der Waals surface area contributed by atoms with Gasteiger partial charge in [0.05, 0.1) is 5.69 Å². The Morgan fingerprint density at radius 2 is 1.72 bits per heavy atom. The van der Waals surface area contributed by atoms with E-state index in [0.717, 1.165) is 11.4 Å². The van der Waals surface area contributed by atoms with E-state index < -0.39 is 0 Å². The van der Waals surface area contributed by atoms with Crippen molar-refractivity contribution in [2.24, 2.45) is 0 Å². The number of nitrogens with zero attached hydrogens (tertiary/aromatic N) is 2. The molecule has 6 heteroatoms. The van der Waals surface area contributed by atoms with Crippen molar-refractivity contribution in [1.82, 2.24) is 9.97 Å². The number of para-hydroxylation sites is 1. The van der Waals surface area contributed by atoms with Crippen LogP contribution in [0.5, 0.6) is 0 Å². The van der Waals surface area contributed by atoms with Crippen molar-refractivity contribution in [2.45, 2.75) is 13.8 Å². The quantitative estimate of drug-likeness (QED) is 0.666. The molecule has 0 spiro atoms. The Labute approximate surface area is 145 Å². The maximum Gasteiger partial charge on any atom is 0.229 e. The van der Waals surface area contributed by atoms with Gasteiger partial charge in [-0.05, 0) is 50.2 Å². The second kappa shape index (κ2) is 7.09. The molecule has 0 aliphatic carbocycles. The number of aryl methyl sites for hydroxylation is 1. The SMILES string of the molecule is CC(=O)c1ccc(Nc2cc(C)nc(Nc3ccccc3F)n2)cc1. The van der Waals surface area contributed by atoms with Crippen LogP contribution in [-0.4, -0.2) is 15.8 Å². The monoisotopic (exact) mass is 336 g/mol. The lowest BCUT2D eigenvalue weighted by Gasteiger charge is -2.10. The van der Waals surface area contributed by atoms with Crippen molar-refractivity contribution in [2.75, 3.05) is 10.6 Å². The van der Waals surface area contributed by atoms with E-state index in [9.17, 15) is 9.18 Å². The summed E-state index contributed by atoms with van der Waals surface area (Å²) < 4.78 is 13.8. The van der Waals surface area contributed by atoms with Gasteiger partial charge in [-0.15, -0.1) is 0 Å². The number of ketones is 1. The van der Waals surface area contributed by atoms with E-state index >= 15 is 0 Å². The normalized spacial score (nSPS) is 10.4. The van der Waals surface area contributed by atoms with Crippen LogP contribution in [0.3, 0.4) is 0 Å². The fourth-order valence-corrected chi connectivity index (χ4v) is 2.31. The summed E-state index contributed by atoms with van der Waals surface area (Å²) in [5, 5.41) is 6.04.